The number of halogens is 1. The fraction of sp³-hybridized carbons (Fsp3) is 0.242. The molecule has 0 bridgehead atoms. The standard InChI is InChI=1S/C33H31ClN2O3/c1-4-32(2,3)19-20-35-25-17-18-26(36-24-14-8-7-13-23(24)34)30-29(25)31(37)39-33(30)21-11-5-9-15-27(21)38-28-16-10-6-12-22(28)33/h5-18,35-36H,4,19-20H2,1-3H3. The van der Waals surface area contributed by atoms with Gasteiger partial charge < -0.3 is 20.1 Å². The molecule has 0 aromatic heterocycles. The molecule has 4 aromatic rings. The molecule has 0 unspecified atom stereocenters. The molecule has 0 fully saturated rings. The van der Waals surface area contributed by atoms with E-state index in [4.69, 9.17) is 21.1 Å². The second-order valence-corrected chi connectivity index (χ2v) is 11.3. The van der Waals surface area contributed by atoms with Crippen molar-refractivity contribution in [3.8, 4) is 11.5 Å². The molecule has 2 heterocycles. The largest absolute Gasteiger partial charge is 0.456 e. The van der Waals surface area contributed by atoms with Crippen LogP contribution in [-0.2, 0) is 10.3 Å². The van der Waals surface area contributed by atoms with Crippen LogP contribution in [-0.4, -0.2) is 12.5 Å². The summed E-state index contributed by atoms with van der Waals surface area (Å²) < 4.78 is 12.8. The predicted octanol–water partition coefficient (Wildman–Crippen LogP) is 8.89. The van der Waals surface area contributed by atoms with E-state index >= 15 is 0 Å². The Morgan fingerprint density at radius 2 is 1.44 bits per heavy atom. The van der Waals surface area contributed by atoms with E-state index < -0.39 is 5.60 Å². The van der Waals surface area contributed by atoms with Crippen LogP contribution in [0.25, 0.3) is 0 Å². The van der Waals surface area contributed by atoms with Crippen molar-refractivity contribution in [2.24, 2.45) is 5.41 Å². The van der Waals surface area contributed by atoms with E-state index in [2.05, 4.69) is 31.4 Å². The molecule has 0 radical (unpaired) electrons. The Bertz CT molecular complexity index is 1530. The quantitative estimate of drug-likeness (QED) is 0.230. The minimum absolute atomic E-state index is 0.196. The maximum atomic E-state index is 13.9. The Labute approximate surface area is 234 Å². The molecule has 2 N–H and O–H groups in total. The Hall–Kier alpha value is -3.96. The van der Waals surface area contributed by atoms with Gasteiger partial charge in [0.1, 0.15) is 11.5 Å². The van der Waals surface area contributed by atoms with E-state index in [-0.39, 0.29) is 11.4 Å². The van der Waals surface area contributed by atoms with Crippen LogP contribution in [0.5, 0.6) is 11.5 Å². The maximum Gasteiger partial charge on any atom is 0.342 e. The third kappa shape index (κ3) is 4.22. The highest BCUT2D eigenvalue weighted by atomic mass is 35.5. The minimum atomic E-state index is -1.19. The second kappa shape index (κ2) is 9.65. The molecule has 2 aliphatic rings. The van der Waals surface area contributed by atoms with Gasteiger partial charge in [0, 0.05) is 34.6 Å². The van der Waals surface area contributed by atoms with Crippen LogP contribution >= 0.6 is 11.6 Å². The van der Waals surface area contributed by atoms with Crippen LogP contribution in [0.15, 0.2) is 84.9 Å². The van der Waals surface area contributed by atoms with Gasteiger partial charge in [0.25, 0.3) is 0 Å². The fourth-order valence-corrected chi connectivity index (χ4v) is 5.61. The molecular formula is C33H31ClN2O3. The molecule has 2 aliphatic heterocycles. The number of fused-ring (bicyclic) bond motifs is 6. The van der Waals surface area contributed by atoms with Crippen molar-refractivity contribution in [3.63, 3.8) is 0 Å². The van der Waals surface area contributed by atoms with Crippen LogP contribution in [0, 0.1) is 5.41 Å². The molecule has 0 atom stereocenters. The summed E-state index contributed by atoms with van der Waals surface area (Å²) >= 11 is 6.56. The smallest absolute Gasteiger partial charge is 0.342 e. The van der Waals surface area contributed by atoms with Gasteiger partial charge in [0.15, 0.2) is 5.60 Å². The number of para-hydroxylation sites is 3. The summed E-state index contributed by atoms with van der Waals surface area (Å²) in [4.78, 5) is 13.9. The van der Waals surface area contributed by atoms with Gasteiger partial charge in [-0.1, -0.05) is 87.3 Å². The number of anilines is 3. The topological polar surface area (TPSA) is 59.6 Å². The van der Waals surface area contributed by atoms with Crippen molar-refractivity contribution in [2.45, 2.75) is 39.2 Å². The number of ether oxygens (including phenoxy) is 2. The molecule has 5 nitrogen and oxygen atoms in total. The summed E-state index contributed by atoms with van der Waals surface area (Å²) in [6, 6.07) is 27.0. The van der Waals surface area contributed by atoms with Gasteiger partial charge in [-0.25, -0.2) is 4.79 Å². The lowest BCUT2D eigenvalue weighted by atomic mass is 9.76. The average molecular weight is 539 g/mol. The lowest BCUT2D eigenvalue weighted by molar-refractivity contribution is 0.0226. The Morgan fingerprint density at radius 1 is 0.821 bits per heavy atom. The highest BCUT2D eigenvalue weighted by Gasteiger charge is 2.55. The lowest BCUT2D eigenvalue weighted by Gasteiger charge is -2.37. The zero-order chi connectivity index (χ0) is 27.2. The molecule has 0 saturated carbocycles. The van der Waals surface area contributed by atoms with Gasteiger partial charge in [0.05, 0.1) is 16.3 Å². The van der Waals surface area contributed by atoms with E-state index in [1.807, 2.05) is 84.9 Å². The van der Waals surface area contributed by atoms with Crippen LogP contribution in [0.3, 0.4) is 0 Å². The van der Waals surface area contributed by atoms with Crippen LogP contribution in [0.1, 0.15) is 60.7 Å². The first-order valence-electron chi connectivity index (χ1n) is 13.4. The van der Waals surface area contributed by atoms with E-state index in [0.717, 1.165) is 53.1 Å². The van der Waals surface area contributed by atoms with Gasteiger partial charge >= 0.3 is 5.97 Å². The predicted molar refractivity (Wildman–Crippen MR) is 157 cm³/mol. The number of carbonyl (C=O) groups excluding carboxylic acids is 1. The van der Waals surface area contributed by atoms with Gasteiger partial charge in [-0.15, -0.1) is 0 Å². The Balaban J connectivity index is 1.58. The monoisotopic (exact) mass is 538 g/mol. The average Bonchev–Trinajstić information content (AvgIpc) is 3.25. The summed E-state index contributed by atoms with van der Waals surface area (Å²) in [7, 11) is 0. The summed E-state index contributed by atoms with van der Waals surface area (Å²) in [5.41, 5.74) is 4.08. The molecular weight excluding hydrogens is 508 g/mol. The molecule has 4 aromatic carbocycles. The summed E-state index contributed by atoms with van der Waals surface area (Å²) in [6.45, 7) is 7.46. The van der Waals surface area contributed by atoms with Crippen LogP contribution in [0.4, 0.5) is 17.1 Å². The SMILES string of the molecule is CCC(C)(C)CCNc1ccc(Nc2ccccc2Cl)c2c1C(=O)OC21c2ccccc2Oc2ccccc21. The summed E-state index contributed by atoms with van der Waals surface area (Å²) in [5.74, 6) is 0.934. The number of benzene rings is 4. The van der Waals surface area contributed by atoms with Gasteiger partial charge in [0.2, 0.25) is 0 Å². The third-order valence-electron chi connectivity index (χ3n) is 7.98. The number of nitrogens with one attached hydrogen (secondary N) is 2. The van der Waals surface area contributed by atoms with Crippen LogP contribution in [0.2, 0.25) is 5.02 Å². The first-order chi connectivity index (χ1) is 18.8. The Kier molecular flexibility index (Phi) is 6.27. The normalized spacial score (nSPS) is 14.6. The van der Waals surface area contributed by atoms with Gasteiger partial charge in [-0.2, -0.15) is 0 Å². The van der Waals surface area contributed by atoms with Crippen LogP contribution < -0.4 is 15.4 Å². The molecule has 0 amide bonds. The molecule has 1 spiro atoms. The fourth-order valence-electron chi connectivity index (χ4n) is 5.43. The summed E-state index contributed by atoms with van der Waals surface area (Å²) in [6.07, 6.45) is 2.05. The molecule has 39 heavy (non-hydrogen) atoms. The van der Waals surface area contributed by atoms with Gasteiger partial charge in [-0.3, -0.25) is 0 Å². The number of hydrogen-bond acceptors (Lipinski definition) is 5. The molecule has 0 saturated heterocycles. The van der Waals surface area contributed by atoms with E-state index in [1.54, 1.807) is 0 Å². The van der Waals surface area contributed by atoms with Crippen molar-refractivity contribution in [2.75, 3.05) is 17.2 Å². The molecule has 6 rings (SSSR count). The number of carbonyl (C=O) groups is 1. The van der Waals surface area contributed by atoms with E-state index in [1.165, 1.54) is 0 Å². The summed E-state index contributed by atoms with van der Waals surface area (Å²) in [5, 5.41) is 7.65. The number of esters is 1. The molecule has 6 heteroatoms. The van der Waals surface area contributed by atoms with Crippen molar-refractivity contribution >= 4 is 34.6 Å². The second-order valence-electron chi connectivity index (χ2n) is 10.9. The first kappa shape index (κ1) is 25.3. The van der Waals surface area contributed by atoms with E-state index in [9.17, 15) is 4.79 Å². The van der Waals surface area contributed by atoms with E-state index in [0.29, 0.717) is 22.1 Å². The minimum Gasteiger partial charge on any atom is -0.456 e. The highest BCUT2D eigenvalue weighted by Crippen LogP contribution is 2.59. The third-order valence-corrected chi connectivity index (χ3v) is 8.31. The molecule has 0 aliphatic carbocycles. The Morgan fingerprint density at radius 3 is 2.10 bits per heavy atom. The number of rotatable bonds is 7. The molecule has 198 valence electrons. The lowest BCUT2D eigenvalue weighted by Crippen LogP contribution is -2.33. The highest BCUT2D eigenvalue weighted by molar-refractivity contribution is 6.33. The number of hydrogen-bond donors (Lipinski definition) is 2. The zero-order valence-electron chi connectivity index (χ0n) is 22.3. The van der Waals surface area contributed by atoms with Crippen molar-refractivity contribution in [1.82, 2.24) is 0 Å². The zero-order valence-corrected chi connectivity index (χ0v) is 23.1. The maximum absolute atomic E-state index is 13.9. The van der Waals surface area contributed by atoms with Gasteiger partial charge in [-0.05, 0) is 48.2 Å². The van der Waals surface area contributed by atoms with Crippen molar-refractivity contribution in [3.05, 3.63) is 112 Å². The van der Waals surface area contributed by atoms with Crippen molar-refractivity contribution < 1.29 is 14.3 Å². The first-order valence-corrected chi connectivity index (χ1v) is 13.7. The van der Waals surface area contributed by atoms with Crippen molar-refractivity contribution in [1.29, 1.82) is 0 Å².